The third kappa shape index (κ3) is 4.58. The lowest BCUT2D eigenvalue weighted by molar-refractivity contribution is -0.286. The standard InChI is InChI=1S/C9H13NO5S/c1-14-9-5-3-8(4-6-9)7-10(11)15-16(2,12)13/h3-6,11H,7H2,1-2H3. The fourth-order valence-electron chi connectivity index (χ4n) is 1.07. The van der Waals surface area contributed by atoms with Crippen LogP contribution in [0.25, 0.3) is 0 Å². The lowest BCUT2D eigenvalue weighted by Gasteiger charge is -2.12. The van der Waals surface area contributed by atoms with Gasteiger partial charge in [0.1, 0.15) is 5.75 Å². The maximum atomic E-state index is 10.7. The summed E-state index contributed by atoms with van der Waals surface area (Å²) >= 11 is 0. The first-order valence-electron chi connectivity index (χ1n) is 4.39. The summed E-state index contributed by atoms with van der Waals surface area (Å²) in [6, 6.07) is 6.77. The van der Waals surface area contributed by atoms with Gasteiger partial charge in [-0.25, -0.2) is 0 Å². The van der Waals surface area contributed by atoms with Gasteiger partial charge in [0.25, 0.3) is 10.1 Å². The zero-order chi connectivity index (χ0) is 12.2. The van der Waals surface area contributed by atoms with Crippen LogP contribution in [0.3, 0.4) is 0 Å². The van der Waals surface area contributed by atoms with Gasteiger partial charge < -0.3 is 4.74 Å². The van der Waals surface area contributed by atoms with Crippen LogP contribution in [0.5, 0.6) is 5.75 Å². The number of hydroxylamine groups is 2. The third-order valence-electron chi connectivity index (χ3n) is 1.70. The molecular weight excluding hydrogens is 234 g/mol. The Bertz CT molecular complexity index is 428. The molecule has 1 aromatic carbocycles. The van der Waals surface area contributed by atoms with Crippen LogP contribution in [0.1, 0.15) is 5.56 Å². The van der Waals surface area contributed by atoms with Crippen molar-refractivity contribution < 1.29 is 22.6 Å². The zero-order valence-electron chi connectivity index (χ0n) is 8.95. The molecule has 1 rings (SSSR count). The summed E-state index contributed by atoms with van der Waals surface area (Å²) in [5.41, 5.74) is 0.687. The van der Waals surface area contributed by atoms with Crippen molar-refractivity contribution in [2.45, 2.75) is 6.54 Å². The average molecular weight is 247 g/mol. The van der Waals surface area contributed by atoms with Gasteiger partial charge in [-0.05, 0) is 22.9 Å². The van der Waals surface area contributed by atoms with Crippen molar-refractivity contribution in [1.29, 1.82) is 0 Å². The van der Waals surface area contributed by atoms with Crippen molar-refractivity contribution in [3.63, 3.8) is 0 Å². The first-order valence-corrected chi connectivity index (χ1v) is 6.21. The summed E-state index contributed by atoms with van der Waals surface area (Å²) in [6.07, 6.45) is 0.851. The summed E-state index contributed by atoms with van der Waals surface area (Å²) in [5.74, 6) is 0.678. The predicted molar refractivity (Wildman–Crippen MR) is 56.3 cm³/mol. The summed E-state index contributed by atoms with van der Waals surface area (Å²) in [7, 11) is -2.16. The van der Waals surface area contributed by atoms with E-state index in [1.54, 1.807) is 31.4 Å². The molecule has 16 heavy (non-hydrogen) atoms. The number of benzene rings is 1. The van der Waals surface area contributed by atoms with Crippen molar-refractivity contribution in [2.24, 2.45) is 0 Å². The Kier molecular flexibility index (Phi) is 4.25. The van der Waals surface area contributed by atoms with E-state index in [0.717, 1.165) is 6.26 Å². The van der Waals surface area contributed by atoms with Gasteiger partial charge in [-0.15, -0.1) is 0 Å². The number of hydrogen-bond acceptors (Lipinski definition) is 6. The molecular formula is C9H13NO5S. The molecule has 0 bridgehead atoms. The second-order valence-corrected chi connectivity index (χ2v) is 4.69. The van der Waals surface area contributed by atoms with Crippen LogP contribution >= 0.6 is 0 Å². The number of ether oxygens (including phenoxy) is 1. The van der Waals surface area contributed by atoms with Crippen molar-refractivity contribution in [2.75, 3.05) is 13.4 Å². The zero-order valence-corrected chi connectivity index (χ0v) is 9.77. The maximum Gasteiger partial charge on any atom is 0.282 e. The Balaban J connectivity index is 2.59. The van der Waals surface area contributed by atoms with Gasteiger partial charge >= 0.3 is 0 Å². The molecule has 0 aliphatic heterocycles. The smallest absolute Gasteiger partial charge is 0.282 e. The Hall–Kier alpha value is -1.15. The molecule has 90 valence electrons. The normalized spacial score (nSPS) is 11.8. The fraction of sp³-hybridized carbons (Fsp3) is 0.333. The Morgan fingerprint density at radius 1 is 1.31 bits per heavy atom. The molecule has 7 heteroatoms. The minimum Gasteiger partial charge on any atom is -0.497 e. The molecule has 0 saturated carbocycles. The van der Waals surface area contributed by atoms with E-state index in [4.69, 9.17) is 9.94 Å². The van der Waals surface area contributed by atoms with E-state index >= 15 is 0 Å². The fourth-order valence-corrected chi connectivity index (χ4v) is 1.44. The summed E-state index contributed by atoms with van der Waals surface area (Å²) in [6.45, 7) is -0.0585. The number of hydrogen-bond donors (Lipinski definition) is 1. The molecule has 0 aromatic heterocycles. The van der Waals surface area contributed by atoms with Crippen molar-refractivity contribution in [3.05, 3.63) is 29.8 Å². The van der Waals surface area contributed by atoms with E-state index in [2.05, 4.69) is 4.28 Å². The van der Waals surface area contributed by atoms with Crippen LogP contribution in [0.2, 0.25) is 0 Å². The van der Waals surface area contributed by atoms with E-state index in [9.17, 15) is 8.42 Å². The topological polar surface area (TPSA) is 76.1 Å². The summed E-state index contributed by atoms with van der Waals surface area (Å²) < 4.78 is 30.6. The van der Waals surface area contributed by atoms with Crippen LogP contribution in [-0.2, 0) is 20.9 Å². The molecule has 0 aliphatic rings. The van der Waals surface area contributed by atoms with Gasteiger partial charge in [0, 0.05) is 0 Å². The first kappa shape index (κ1) is 12.9. The minimum atomic E-state index is -3.71. The Morgan fingerprint density at radius 2 is 1.88 bits per heavy atom. The van der Waals surface area contributed by atoms with Gasteiger partial charge in [-0.3, -0.25) is 5.21 Å². The first-order chi connectivity index (χ1) is 7.40. The number of methoxy groups -OCH3 is 1. The molecule has 6 nitrogen and oxygen atoms in total. The van der Waals surface area contributed by atoms with Crippen molar-refractivity contribution in [1.82, 2.24) is 5.23 Å². The summed E-state index contributed by atoms with van der Waals surface area (Å²) in [5, 5.41) is 9.43. The van der Waals surface area contributed by atoms with Crippen LogP contribution in [0.15, 0.2) is 24.3 Å². The SMILES string of the molecule is COc1ccc(CN(O)OS(C)(=O)=O)cc1. The van der Waals surface area contributed by atoms with Crippen LogP contribution < -0.4 is 4.74 Å². The molecule has 1 N–H and O–H groups in total. The highest BCUT2D eigenvalue weighted by atomic mass is 32.2. The molecule has 0 unspecified atom stereocenters. The second kappa shape index (κ2) is 5.26. The lowest BCUT2D eigenvalue weighted by atomic mass is 10.2. The van der Waals surface area contributed by atoms with Crippen LogP contribution in [0, 0.1) is 0 Å². The molecule has 0 aliphatic carbocycles. The minimum absolute atomic E-state index is 0.0585. The van der Waals surface area contributed by atoms with E-state index in [1.165, 1.54) is 0 Å². The quantitative estimate of drug-likeness (QED) is 0.775. The third-order valence-corrected chi connectivity index (χ3v) is 2.14. The molecule has 0 heterocycles. The lowest BCUT2D eigenvalue weighted by Crippen LogP contribution is -2.22. The summed E-state index contributed by atoms with van der Waals surface area (Å²) in [4.78, 5) is 0. The van der Waals surface area contributed by atoms with Crippen LogP contribution in [-0.4, -0.2) is 32.2 Å². The van der Waals surface area contributed by atoms with Gasteiger partial charge in [0.05, 0.1) is 19.9 Å². The molecule has 0 atom stereocenters. The van der Waals surface area contributed by atoms with Crippen LogP contribution in [0.4, 0.5) is 0 Å². The van der Waals surface area contributed by atoms with Gasteiger partial charge in [-0.1, -0.05) is 12.1 Å². The molecule has 0 radical (unpaired) electrons. The number of rotatable bonds is 5. The van der Waals surface area contributed by atoms with Crippen molar-refractivity contribution >= 4 is 10.1 Å². The Labute approximate surface area is 94.0 Å². The molecule has 0 spiro atoms. The van der Waals surface area contributed by atoms with E-state index < -0.39 is 10.1 Å². The Morgan fingerprint density at radius 3 is 2.31 bits per heavy atom. The highest BCUT2D eigenvalue weighted by Gasteiger charge is 2.10. The average Bonchev–Trinajstić information content (AvgIpc) is 2.16. The van der Waals surface area contributed by atoms with E-state index in [0.29, 0.717) is 11.3 Å². The van der Waals surface area contributed by atoms with Gasteiger partial charge in [0.15, 0.2) is 0 Å². The van der Waals surface area contributed by atoms with Gasteiger partial charge in [-0.2, -0.15) is 12.7 Å². The predicted octanol–water partition coefficient (Wildman–Crippen LogP) is 0.778. The largest absolute Gasteiger partial charge is 0.497 e. The molecule has 0 saturated heterocycles. The second-order valence-electron chi connectivity index (χ2n) is 3.14. The highest BCUT2D eigenvalue weighted by Crippen LogP contribution is 2.12. The monoisotopic (exact) mass is 247 g/mol. The van der Waals surface area contributed by atoms with E-state index in [-0.39, 0.29) is 11.8 Å². The van der Waals surface area contributed by atoms with Crippen molar-refractivity contribution in [3.8, 4) is 5.75 Å². The van der Waals surface area contributed by atoms with Gasteiger partial charge in [0.2, 0.25) is 0 Å². The highest BCUT2D eigenvalue weighted by molar-refractivity contribution is 7.85. The van der Waals surface area contributed by atoms with E-state index in [1.807, 2.05) is 0 Å². The molecule has 0 amide bonds. The molecule has 0 fully saturated rings. The number of nitrogens with zero attached hydrogens (tertiary/aromatic N) is 1. The maximum absolute atomic E-state index is 10.7. The molecule has 1 aromatic rings.